The van der Waals surface area contributed by atoms with E-state index in [0.717, 1.165) is 19.6 Å². The molecule has 1 aliphatic heterocycles. The Morgan fingerprint density at radius 3 is 2.64 bits per heavy atom. The van der Waals surface area contributed by atoms with Gasteiger partial charge in [0.15, 0.2) is 5.78 Å². The number of carbonyl (C=O) groups excluding carboxylic acids is 1. The van der Waals surface area contributed by atoms with Crippen LogP contribution in [-0.2, 0) is 4.79 Å². The first-order chi connectivity index (χ1) is 6.50. The number of ketones is 1. The van der Waals surface area contributed by atoms with Crippen molar-refractivity contribution in [3.05, 3.63) is 12.2 Å². The van der Waals surface area contributed by atoms with E-state index in [9.17, 15) is 4.79 Å². The average molecular weight is 196 g/mol. The summed E-state index contributed by atoms with van der Waals surface area (Å²) in [7, 11) is 4.19. The molecule has 1 heterocycles. The van der Waals surface area contributed by atoms with Crippen LogP contribution >= 0.6 is 0 Å². The number of hydrogen-bond donors (Lipinski definition) is 0. The van der Waals surface area contributed by atoms with Gasteiger partial charge in [-0.3, -0.25) is 4.79 Å². The lowest BCUT2D eigenvalue weighted by Gasteiger charge is -2.37. The van der Waals surface area contributed by atoms with E-state index >= 15 is 0 Å². The second kappa shape index (κ2) is 4.71. The van der Waals surface area contributed by atoms with Gasteiger partial charge in [-0.2, -0.15) is 0 Å². The number of piperazine rings is 1. The molecule has 0 aromatic rings. The van der Waals surface area contributed by atoms with Crippen LogP contribution in [0.5, 0.6) is 0 Å². The Balaban J connectivity index is 2.49. The van der Waals surface area contributed by atoms with Crippen LogP contribution in [0.15, 0.2) is 12.2 Å². The molecule has 1 fully saturated rings. The van der Waals surface area contributed by atoms with Gasteiger partial charge >= 0.3 is 0 Å². The Hall–Kier alpha value is -0.670. The van der Waals surface area contributed by atoms with E-state index in [0.29, 0.717) is 18.0 Å². The topological polar surface area (TPSA) is 23.6 Å². The molecule has 1 saturated heterocycles. The van der Waals surface area contributed by atoms with Crippen LogP contribution in [0.1, 0.15) is 13.3 Å². The van der Waals surface area contributed by atoms with Gasteiger partial charge in [0.25, 0.3) is 0 Å². The van der Waals surface area contributed by atoms with Crippen molar-refractivity contribution in [3.8, 4) is 0 Å². The summed E-state index contributed by atoms with van der Waals surface area (Å²) < 4.78 is 0. The molecule has 0 spiro atoms. The first-order valence-corrected chi connectivity index (χ1v) is 5.08. The smallest absolute Gasteiger partial charge is 0.159 e. The Kier molecular flexibility index (Phi) is 3.84. The molecule has 0 saturated carbocycles. The Labute approximate surface area is 86.4 Å². The van der Waals surface area contributed by atoms with Gasteiger partial charge in [-0.25, -0.2) is 0 Å². The van der Waals surface area contributed by atoms with Crippen molar-refractivity contribution in [2.24, 2.45) is 0 Å². The molecule has 1 rings (SSSR count). The van der Waals surface area contributed by atoms with Gasteiger partial charge in [0.2, 0.25) is 0 Å². The van der Waals surface area contributed by atoms with E-state index in [1.807, 2.05) is 0 Å². The van der Waals surface area contributed by atoms with Gasteiger partial charge in [-0.1, -0.05) is 6.58 Å². The summed E-state index contributed by atoms with van der Waals surface area (Å²) in [6, 6.07) is 0.359. The minimum absolute atomic E-state index is 0.192. The molecule has 0 amide bonds. The van der Waals surface area contributed by atoms with Crippen LogP contribution in [-0.4, -0.2) is 55.4 Å². The summed E-state index contributed by atoms with van der Waals surface area (Å²) in [5.74, 6) is 0.192. The molecule has 0 radical (unpaired) electrons. The van der Waals surface area contributed by atoms with Crippen molar-refractivity contribution in [2.45, 2.75) is 19.4 Å². The monoisotopic (exact) mass is 196 g/mol. The van der Waals surface area contributed by atoms with E-state index in [-0.39, 0.29) is 5.78 Å². The van der Waals surface area contributed by atoms with Crippen LogP contribution in [0.2, 0.25) is 0 Å². The van der Waals surface area contributed by atoms with Crippen LogP contribution in [0.4, 0.5) is 0 Å². The van der Waals surface area contributed by atoms with Crippen molar-refractivity contribution in [1.82, 2.24) is 9.80 Å². The van der Waals surface area contributed by atoms with E-state index in [4.69, 9.17) is 0 Å². The fraction of sp³-hybridized carbons (Fsp3) is 0.727. The lowest BCUT2D eigenvalue weighted by atomic mass is 10.0. The second-order valence-electron chi connectivity index (χ2n) is 4.30. The summed E-state index contributed by atoms with van der Waals surface area (Å²) in [6.45, 7) is 8.59. The van der Waals surface area contributed by atoms with E-state index in [1.54, 1.807) is 6.92 Å². The SMILES string of the molecule is C=C(C)C(=O)CC1CN(C)CCN1C. The maximum Gasteiger partial charge on any atom is 0.159 e. The predicted molar refractivity (Wildman–Crippen MR) is 58.4 cm³/mol. The molecule has 1 unspecified atom stereocenters. The largest absolute Gasteiger partial charge is 0.304 e. The minimum Gasteiger partial charge on any atom is -0.304 e. The molecule has 3 heteroatoms. The molecule has 14 heavy (non-hydrogen) atoms. The van der Waals surface area contributed by atoms with Gasteiger partial charge < -0.3 is 9.80 Å². The Morgan fingerprint density at radius 1 is 1.43 bits per heavy atom. The van der Waals surface area contributed by atoms with Gasteiger partial charge in [-0.15, -0.1) is 0 Å². The summed E-state index contributed by atoms with van der Waals surface area (Å²) in [5.41, 5.74) is 0.673. The molecule has 0 aromatic heterocycles. The molecule has 0 N–H and O–H groups in total. The van der Waals surface area contributed by atoms with Crippen molar-refractivity contribution in [2.75, 3.05) is 33.7 Å². The highest BCUT2D eigenvalue weighted by molar-refractivity contribution is 5.94. The molecule has 80 valence electrons. The van der Waals surface area contributed by atoms with Crippen molar-refractivity contribution < 1.29 is 4.79 Å². The first kappa shape index (κ1) is 11.4. The minimum atomic E-state index is 0.192. The van der Waals surface area contributed by atoms with Gasteiger partial charge in [0, 0.05) is 32.1 Å². The van der Waals surface area contributed by atoms with Crippen LogP contribution in [0.25, 0.3) is 0 Å². The fourth-order valence-electron chi connectivity index (χ4n) is 1.71. The molecule has 0 aliphatic carbocycles. The first-order valence-electron chi connectivity index (χ1n) is 5.08. The van der Waals surface area contributed by atoms with E-state index in [2.05, 4.69) is 30.5 Å². The predicted octanol–water partition coefficient (Wildman–Crippen LogP) is 0.768. The summed E-state index contributed by atoms with van der Waals surface area (Å²) in [4.78, 5) is 16.1. The molecule has 0 bridgehead atoms. The number of rotatable bonds is 3. The summed E-state index contributed by atoms with van der Waals surface area (Å²) in [6.07, 6.45) is 0.607. The fourth-order valence-corrected chi connectivity index (χ4v) is 1.71. The number of carbonyl (C=O) groups is 1. The third-order valence-corrected chi connectivity index (χ3v) is 2.88. The zero-order chi connectivity index (χ0) is 10.7. The van der Waals surface area contributed by atoms with Gasteiger partial charge in [-0.05, 0) is 26.6 Å². The van der Waals surface area contributed by atoms with Crippen LogP contribution < -0.4 is 0 Å². The number of hydrogen-bond acceptors (Lipinski definition) is 3. The zero-order valence-electron chi connectivity index (χ0n) is 9.42. The Bertz CT molecular complexity index is 237. The summed E-state index contributed by atoms with van der Waals surface area (Å²) in [5, 5.41) is 0. The summed E-state index contributed by atoms with van der Waals surface area (Å²) >= 11 is 0. The van der Waals surface area contributed by atoms with Crippen LogP contribution in [0, 0.1) is 0 Å². The third-order valence-electron chi connectivity index (χ3n) is 2.88. The maximum absolute atomic E-state index is 11.5. The van der Waals surface area contributed by atoms with Crippen molar-refractivity contribution in [3.63, 3.8) is 0 Å². The quantitative estimate of drug-likeness (QED) is 0.623. The molecular formula is C11H20N2O. The molecule has 1 atom stereocenters. The zero-order valence-corrected chi connectivity index (χ0v) is 9.42. The maximum atomic E-state index is 11.5. The molecular weight excluding hydrogens is 176 g/mol. The Morgan fingerprint density at radius 2 is 2.07 bits per heavy atom. The second-order valence-corrected chi connectivity index (χ2v) is 4.30. The van der Waals surface area contributed by atoms with Gasteiger partial charge in [0.1, 0.15) is 0 Å². The van der Waals surface area contributed by atoms with Gasteiger partial charge in [0.05, 0.1) is 0 Å². The van der Waals surface area contributed by atoms with Crippen LogP contribution in [0.3, 0.4) is 0 Å². The highest BCUT2D eigenvalue weighted by atomic mass is 16.1. The standard InChI is InChI=1S/C11H20N2O/c1-9(2)11(14)7-10-8-12(3)5-6-13(10)4/h10H,1,5-8H2,2-4H3. The average Bonchev–Trinajstić information content (AvgIpc) is 2.11. The number of nitrogens with zero attached hydrogens (tertiary/aromatic N) is 2. The lowest BCUT2D eigenvalue weighted by Crippen LogP contribution is -2.50. The normalized spacial score (nSPS) is 24.9. The highest BCUT2D eigenvalue weighted by Crippen LogP contribution is 2.11. The van der Waals surface area contributed by atoms with Crippen molar-refractivity contribution >= 4 is 5.78 Å². The molecule has 0 aromatic carbocycles. The molecule has 1 aliphatic rings. The third kappa shape index (κ3) is 2.93. The number of Topliss-reactive ketones (excluding diaryl/α,β-unsaturated/α-hetero) is 1. The number of allylic oxidation sites excluding steroid dienone is 1. The van der Waals surface area contributed by atoms with E-state index in [1.165, 1.54) is 0 Å². The molecule has 3 nitrogen and oxygen atoms in total. The lowest BCUT2D eigenvalue weighted by molar-refractivity contribution is -0.117. The number of likely N-dealkylation sites (N-methyl/N-ethyl adjacent to an activating group) is 2. The van der Waals surface area contributed by atoms with Crippen molar-refractivity contribution in [1.29, 1.82) is 0 Å². The highest BCUT2D eigenvalue weighted by Gasteiger charge is 2.24. The van der Waals surface area contributed by atoms with E-state index < -0.39 is 0 Å².